The molecule has 0 amide bonds. The maximum Gasteiger partial charge on any atom is 0.204 e. The van der Waals surface area contributed by atoms with Crippen molar-refractivity contribution in [3.8, 4) is 5.75 Å². The summed E-state index contributed by atoms with van der Waals surface area (Å²) in [7, 11) is 1.61. The van der Waals surface area contributed by atoms with Crippen molar-refractivity contribution in [2.24, 2.45) is 5.10 Å². The van der Waals surface area contributed by atoms with Crippen LogP contribution in [-0.4, -0.2) is 18.3 Å². The molecule has 0 atom stereocenters. The number of rotatable bonds is 4. The van der Waals surface area contributed by atoms with E-state index in [1.807, 2.05) is 24.3 Å². The Labute approximate surface area is 131 Å². The number of para-hydroxylation sites is 1. The Kier molecular flexibility index (Phi) is 4.03. The third kappa shape index (κ3) is 3.15. The van der Waals surface area contributed by atoms with E-state index in [4.69, 9.17) is 16.3 Å². The number of anilines is 1. The van der Waals surface area contributed by atoms with Gasteiger partial charge in [0, 0.05) is 10.6 Å². The summed E-state index contributed by atoms with van der Waals surface area (Å²) in [5, 5.41) is 5.57. The second-order valence-corrected chi connectivity index (χ2v) is 5.71. The monoisotopic (exact) mass is 317 g/mol. The van der Waals surface area contributed by atoms with Gasteiger partial charge in [-0.15, -0.1) is 0 Å². The molecule has 4 nitrogen and oxygen atoms in total. The lowest BCUT2D eigenvalue weighted by Crippen LogP contribution is -1.93. The molecule has 0 saturated heterocycles. The van der Waals surface area contributed by atoms with Gasteiger partial charge in [-0.25, -0.2) is 4.98 Å². The number of hydrazone groups is 1. The average molecular weight is 318 g/mol. The Hall–Kier alpha value is -2.11. The van der Waals surface area contributed by atoms with Gasteiger partial charge in [-0.3, -0.25) is 5.43 Å². The van der Waals surface area contributed by atoms with E-state index in [1.54, 1.807) is 42.9 Å². The molecule has 0 saturated carbocycles. The van der Waals surface area contributed by atoms with Crippen LogP contribution in [0, 0.1) is 0 Å². The molecule has 1 N–H and O–H groups in total. The summed E-state index contributed by atoms with van der Waals surface area (Å²) in [5.41, 5.74) is 4.69. The predicted octanol–water partition coefficient (Wildman–Crippen LogP) is 4.40. The highest BCUT2D eigenvalue weighted by Crippen LogP contribution is 2.25. The fraction of sp³-hybridized carbons (Fsp3) is 0.0667. The molecule has 0 aliphatic carbocycles. The summed E-state index contributed by atoms with van der Waals surface area (Å²) in [6.45, 7) is 0. The van der Waals surface area contributed by atoms with E-state index >= 15 is 0 Å². The Morgan fingerprint density at radius 3 is 2.95 bits per heavy atom. The van der Waals surface area contributed by atoms with E-state index in [2.05, 4.69) is 15.5 Å². The summed E-state index contributed by atoms with van der Waals surface area (Å²) >= 11 is 7.53. The molecule has 21 heavy (non-hydrogen) atoms. The van der Waals surface area contributed by atoms with Crippen LogP contribution in [0.25, 0.3) is 10.2 Å². The lowest BCUT2D eigenvalue weighted by molar-refractivity contribution is 0.414. The minimum atomic E-state index is 0.636. The SMILES string of the molecule is COc1ccc(Cl)cc1/C=N/Nc1nc2ccccc2s1. The smallest absolute Gasteiger partial charge is 0.204 e. The molecule has 0 bridgehead atoms. The number of fused-ring (bicyclic) bond motifs is 1. The minimum Gasteiger partial charge on any atom is -0.496 e. The molecule has 106 valence electrons. The highest BCUT2D eigenvalue weighted by atomic mass is 35.5. The van der Waals surface area contributed by atoms with Crippen LogP contribution in [-0.2, 0) is 0 Å². The molecule has 3 rings (SSSR count). The maximum absolute atomic E-state index is 5.98. The molecule has 0 aliphatic rings. The molecule has 1 heterocycles. The Bertz CT molecular complexity index is 767. The molecular weight excluding hydrogens is 306 g/mol. The van der Waals surface area contributed by atoms with E-state index in [9.17, 15) is 0 Å². The van der Waals surface area contributed by atoms with Crippen LogP contribution < -0.4 is 10.2 Å². The molecular formula is C15H12ClN3OS. The highest BCUT2D eigenvalue weighted by Gasteiger charge is 2.03. The van der Waals surface area contributed by atoms with E-state index in [0.29, 0.717) is 10.8 Å². The van der Waals surface area contributed by atoms with Gasteiger partial charge in [0.25, 0.3) is 0 Å². The quantitative estimate of drug-likeness (QED) is 0.573. The third-order valence-corrected chi connectivity index (χ3v) is 4.03. The van der Waals surface area contributed by atoms with Crippen molar-refractivity contribution >= 4 is 44.5 Å². The van der Waals surface area contributed by atoms with Gasteiger partial charge in [0.05, 0.1) is 23.5 Å². The molecule has 2 aromatic carbocycles. The average Bonchev–Trinajstić information content (AvgIpc) is 2.90. The van der Waals surface area contributed by atoms with Crippen LogP contribution in [0.1, 0.15) is 5.56 Å². The lowest BCUT2D eigenvalue weighted by Gasteiger charge is -2.04. The number of nitrogens with zero attached hydrogens (tertiary/aromatic N) is 2. The van der Waals surface area contributed by atoms with Crippen molar-refractivity contribution < 1.29 is 4.74 Å². The van der Waals surface area contributed by atoms with Gasteiger partial charge in [-0.2, -0.15) is 5.10 Å². The maximum atomic E-state index is 5.98. The topological polar surface area (TPSA) is 46.5 Å². The number of nitrogens with one attached hydrogen (secondary N) is 1. The fourth-order valence-electron chi connectivity index (χ4n) is 1.88. The zero-order chi connectivity index (χ0) is 14.7. The van der Waals surface area contributed by atoms with Gasteiger partial charge in [0.2, 0.25) is 5.13 Å². The molecule has 1 aromatic heterocycles. The molecule has 0 aliphatic heterocycles. The van der Waals surface area contributed by atoms with Gasteiger partial charge >= 0.3 is 0 Å². The van der Waals surface area contributed by atoms with Crippen LogP contribution >= 0.6 is 22.9 Å². The first kappa shape index (κ1) is 13.9. The van der Waals surface area contributed by atoms with Crippen molar-refractivity contribution in [3.05, 3.63) is 53.1 Å². The second kappa shape index (κ2) is 6.11. The van der Waals surface area contributed by atoms with Crippen molar-refractivity contribution in [2.45, 2.75) is 0 Å². The Balaban J connectivity index is 1.79. The standard InChI is InChI=1S/C15H12ClN3OS/c1-20-13-7-6-11(16)8-10(13)9-17-19-15-18-12-4-2-3-5-14(12)21-15/h2-9H,1H3,(H,18,19)/b17-9+. The van der Waals surface area contributed by atoms with E-state index in [0.717, 1.165) is 20.9 Å². The molecule has 0 fully saturated rings. The van der Waals surface area contributed by atoms with Crippen molar-refractivity contribution in [2.75, 3.05) is 12.5 Å². The summed E-state index contributed by atoms with van der Waals surface area (Å²) < 4.78 is 6.38. The third-order valence-electron chi connectivity index (χ3n) is 2.85. The summed E-state index contributed by atoms with van der Waals surface area (Å²) in [6, 6.07) is 13.3. The highest BCUT2D eigenvalue weighted by molar-refractivity contribution is 7.22. The largest absolute Gasteiger partial charge is 0.496 e. The van der Waals surface area contributed by atoms with Crippen LogP contribution in [0.15, 0.2) is 47.6 Å². The Morgan fingerprint density at radius 1 is 1.29 bits per heavy atom. The number of thiazole rings is 1. The van der Waals surface area contributed by atoms with Gasteiger partial charge in [-0.1, -0.05) is 35.1 Å². The first-order chi connectivity index (χ1) is 10.3. The van der Waals surface area contributed by atoms with E-state index in [-0.39, 0.29) is 0 Å². The summed E-state index contributed by atoms with van der Waals surface area (Å²) in [4.78, 5) is 4.44. The van der Waals surface area contributed by atoms with Crippen molar-refractivity contribution in [1.82, 2.24) is 4.98 Å². The molecule has 0 spiro atoms. The van der Waals surface area contributed by atoms with Crippen LogP contribution in [0.4, 0.5) is 5.13 Å². The molecule has 3 aromatic rings. The second-order valence-electron chi connectivity index (χ2n) is 4.24. The zero-order valence-corrected chi connectivity index (χ0v) is 12.8. The normalized spacial score (nSPS) is 11.1. The number of benzene rings is 2. The van der Waals surface area contributed by atoms with Crippen molar-refractivity contribution in [3.63, 3.8) is 0 Å². The molecule has 0 unspecified atom stereocenters. The fourth-order valence-corrected chi connectivity index (χ4v) is 2.88. The van der Waals surface area contributed by atoms with Gasteiger partial charge in [0.15, 0.2) is 0 Å². The summed E-state index contributed by atoms with van der Waals surface area (Å²) in [6.07, 6.45) is 1.66. The molecule has 0 radical (unpaired) electrons. The number of hydrogen-bond acceptors (Lipinski definition) is 5. The first-order valence-electron chi connectivity index (χ1n) is 6.24. The predicted molar refractivity (Wildman–Crippen MR) is 88.8 cm³/mol. The number of hydrogen-bond donors (Lipinski definition) is 1. The molecule has 6 heteroatoms. The van der Waals surface area contributed by atoms with Gasteiger partial charge in [-0.05, 0) is 30.3 Å². The van der Waals surface area contributed by atoms with Crippen LogP contribution in [0.5, 0.6) is 5.75 Å². The number of aromatic nitrogens is 1. The number of methoxy groups -OCH3 is 1. The van der Waals surface area contributed by atoms with E-state index in [1.165, 1.54) is 0 Å². The minimum absolute atomic E-state index is 0.636. The number of halogens is 1. The van der Waals surface area contributed by atoms with Crippen LogP contribution in [0.3, 0.4) is 0 Å². The van der Waals surface area contributed by atoms with E-state index < -0.39 is 0 Å². The van der Waals surface area contributed by atoms with Crippen molar-refractivity contribution in [1.29, 1.82) is 0 Å². The zero-order valence-electron chi connectivity index (χ0n) is 11.2. The van der Waals surface area contributed by atoms with Crippen LogP contribution in [0.2, 0.25) is 5.02 Å². The summed E-state index contributed by atoms with van der Waals surface area (Å²) in [5.74, 6) is 0.717. The Morgan fingerprint density at radius 2 is 2.14 bits per heavy atom. The van der Waals surface area contributed by atoms with Gasteiger partial charge in [0.1, 0.15) is 5.75 Å². The lowest BCUT2D eigenvalue weighted by atomic mass is 10.2. The van der Waals surface area contributed by atoms with Gasteiger partial charge < -0.3 is 4.74 Å². The first-order valence-corrected chi connectivity index (χ1v) is 7.44. The number of ether oxygens (including phenoxy) is 1.